The van der Waals surface area contributed by atoms with Crippen LogP contribution in [-0.2, 0) is 4.74 Å². The van der Waals surface area contributed by atoms with Crippen LogP contribution in [0.15, 0.2) is 42.6 Å². The van der Waals surface area contributed by atoms with Gasteiger partial charge in [0.1, 0.15) is 22.6 Å². The van der Waals surface area contributed by atoms with Crippen molar-refractivity contribution < 1.29 is 18.7 Å². The summed E-state index contributed by atoms with van der Waals surface area (Å²) in [4.78, 5) is 29.9. The number of carbonyl (C=O) groups excluding carboxylic acids is 1. The first-order valence-electron chi connectivity index (χ1n) is 12.7. The number of piperazine rings is 1. The minimum atomic E-state index is -0.576. The van der Waals surface area contributed by atoms with Crippen LogP contribution in [-0.4, -0.2) is 64.3 Å². The van der Waals surface area contributed by atoms with E-state index in [1.54, 1.807) is 11.1 Å². The fourth-order valence-electron chi connectivity index (χ4n) is 5.01. The quantitative estimate of drug-likeness (QED) is 0.342. The van der Waals surface area contributed by atoms with E-state index in [4.69, 9.17) is 9.47 Å². The summed E-state index contributed by atoms with van der Waals surface area (Å²) in [6.07, 6.45) is 1.28. The molecule has 38 heavy (non-hydrogen) atoms. The number of rotatable bonds is 3. The number of aryl methyl sites for hydroxylation is 1. The molecular formula is C29H32FN5O3. The van der Waals surface area contributed by atoms with E-state index in [1.807, 2.05) is 75.9 Å². The van der Waals surface area contributed by atoms with E-state index in [0.717, 1.165) is 16.3 Å². The molecule has 0 bridgehead atoms. The number of carbonyl (C=O) groups is 1. The Hall–Kier alpha value is -4.01. The van der Waals surface area contributed by atoms with Crippen LogP contribution < -0.4 is 9.64 Å². The molecule has 1 aliphatic heterocycles. The number of anilines is 1. The summed E-state index contributed by atoms with van der Waals surface area (Å²) in [6.45, 7) is 10.9. The number of hydrogen-bond acceptors (Lipinski definition) is 7. The second kappa shape index (κ2) is 9.70. The van der Waals surface area contributed by atoms with E-state index in [-0.39, 0.29) is 29.4 Å². The molecule has 1 fully saturated rings. The Labute approximate surface area is 221 Å². The highest BCUT2D eigenvalue weighted by Crippen LogP contribution is 2.36. The molecule has 0 aliphatic carbocycles. The van der Waals surface area contributed by atoms with Crippen LogP contribution in [0.1, 0.15) is 33.3 Å². The van der Waals surface area contributed by atoms with Gasteiger partial charge in [0.25, 0.3) is 0 Å². The zero-order chi connectivity index (χ0) is 27.2. The average molecular weight is 518 g/mol. The van der Waals surface area contributed by atoms with Gasteiger partial charge in [-0.2, -0.15) is 9.97 Å². The van der Waals surface area contributed by atoms with Gasteiger partial charge in [-0.1, -0.05) is 36.4 Å². The molecule has 0 unspecified atom stereocenters. The lowest BCUT2D eigenvalue weighted by atomic mass is 9.97. The first kappa shape index (κ1) is 25.6. The smallest absolute Gasteiger partial charge is 0.410 e. The first-order chi connectivity index (χ1) is 18.1. The number of benzene rings is 2. The summed E-state index contributed by atoms with van der Waals surface area (Å²) in [5, 5.41) is 2.46. The summed E-state index contributed by atoms with van der Waals surface area (Å²) in [6, 6.07) is 11.7. The van der Waals surface area contributed by atoms with E-state index >= 15 is 4.39 Å². The Morgan fingerprint density at radius 1 is 1.11 bits per heavy atom. The number of nitrogens with zero attached hydrogens (tertiary/aromatic N) is 5. The maximum Gasteiger partial charge on any atom is 0.410 e. The third-order valence-corrected chi connectivity index (χ3v) is 6.75. The van der Waals surface area contributed by atoms with Crippen LogP contribution in [0.3, 0.4) is 0 Å². The lowest BCUT2D eigenvalue weighted by Crippen LogP contribution is -2.55. The van der Waals surface area contributed by atoms with Crippen LogP contribution in [0, 0.1) is 12.7 Å². The van der Waals surface area contributed by atoms with Crippen molar-refractivity contribution in [2.24, 2.45) is 0 Å². The van der Waals surface area contributed by atoms with Gasteiger partial charge in [0.15, 0.2) is 5.82 Å². The summed E-state index contributed by atoms with van der Waals surface area (Å²) in [5.41, 5.74) is 1.54. The molecule has 0 N–H and O–H groups in total. The molecule has 8 nitrogen and oxygen atoms in total. The van der Waals surface area contributed by atoms with Crippen molar-refractivity contribution in [3.63, 3.8) is 0 Å². The van der Waals surface area contributed by atoms with Crippen LogP contribution in [0.2, 0.25) is 0 Å². The summed E-state index contributed by atoms with van der Waals surface area (Å²) in [5.74, 6) is -0.00442. The molecule has 198 valence electrons. The molecule has 1 amide bonds. The van der Waals surface area contributed by atoms with E-state index in [2.05, 4.69) is 15.0 Å². The summed E-state index contributed by atoms with van der Waals surface area (Å²) < 4.78 is 27.1. The first-order valence-corrected chi connectivity index (χ1v) is 12.7. The van der Waals surface area contributed by atoms with Crippen molar-refractivity contribution in [3.8, 4) is 17.3 Å². The average Bonchev–Trinajstić information content (AvgIpc) is 2.87. The van der Waals surface area contributed by atoms with E-state index < -0.39 is 11.4 Å². The second-order valence-corrected chi connectivity index (χ2v) is 10.7. The number of aromatic nitrogens is 3. The molecule has 0 spiro atoms. The molecule has 1 saturated heterocycles. The van der Waals surface area contributed by atoms with Crippen molar-refractivity contribution in [1.82, 2.24) is 19.9 Å². The fourth-order valence-corrected chi connectivity index (χ4v) is 5.01. The Balaban J connectivity index is 1.55. The highest BCUT2D eigenvalue weighted by Gasteiger charge is 2.32. The molecule has 1 atom stereocenters. The van der Waals surface area contributed by atoms with Crippen molar-refractivity contribution >= 4 is 33.6 Å². The maximum absolute atomic E-state index is 16.2. The topological polar surface area (TPSA) is 80.7 Å². The van der Waals surface area contributed by atoms with E-state index in [0.29, 0.717) is 36.4 Å². The lowest BCUT2D eigenvalue weighted by molar-refractivity contribution is 0.0158. The van der Waals surface area contributed by atoms with Crippen molar-refractivity contribution in [2.45, 2.75) is 46.3 Å². The normalized spacial score (nSPS) is 16.2. The van der Waals surface area contributed by atoms with Gasteiger partial charge in [0.05, 0.1) is 12.5 Å². The zero-order valence-corrected chi connectivity index (χ0v) is 22.6. The number of pyridine rings is 1. The molecule has 0 saturated carbocycles. The number of hydrogen-bond donors (Lipinski definition) is 0. The van der Waals surface area contributed by atoms with Crippen molar-refractivity contribution in [2.75, 3.05) is 31.6 Å². The lowest BCUT2D eigenvalue weighted by Gasteiger charge is -2.40. The monoisotopic (exact) mass is 517 g/mol. The molecule has 3 heterocycles. The molecule has 2 aromatic heterocycles. The van der Waals surface area contributed by atoms with Crippen molar-refractivity contribution in [3.05, 3.63) is 54.0 Å². The molecule has 2 aromatic carbocycles. The van der Waals surface area contributed by atoms with Crippen LogP contribution >= 0.6 is 0 Å². The number of fused-ring (bicyclic) bond motifs is 2. The van der Waals surface area contributed by atoms with Crippen LogP contribution in [0.25, 0.3) is 32.9 Å². The van der Waals surface area contributed by atoms with Crippen LogP contribution in [0.4, 0.5) is 15.0 Å². The minimum Gasteiger partial charge on any atom is -0.467 e. The fraction of sp³-hybridized carbons (Fsp3) is 0.379. The van der Waals surface area contributed by atoms with Gasteiger partial charge < -0.3 is 19.3 Å². The van der Waals surface area contributed by atoms with E-state index in [9.17, 15) is 4.79 Å². The number of ether oxygens (including phenoxy) is 2. The van der Waals surface area contributed by atoms with Crippen LogP contribution in [0.5, 0.6) is 6.01 Å². The Bertz CT molecular complexity index is 1530. The summed E-state index contributed by atoms with van der Waals surface area (Å²) in [7, 11) is 1.46. The minimum absolute atomic E-state index is 0.0693. The molecule has 9 heteroatoms. The molecule has 0 radical (unpaired) electrons. The Morgan fingerprint density at radius 3 is 2.53 bits per heavy atom. The van der Waals surface area contributed by atoms with E-state index in [1.165, 1.54) is 7.11 Å². The molecule has 4 aromatic rings. The van der Waals surface area contributed by atoms with Gasteiger partial charge >= 0.3 is 12.1 Å². The Morgan fingerprint density at radius 2 is 1.84 bits per heavy atom. The molecular weight excluding hydrogens is 485 g/mol. The third kappa shape index (κ3) is 4.68. The highest BCUT2D eigenvalue weighted by atomic mass is 19.1. The highest BCUT2D eigenvalue weighted by molar-refractivity contribution is 6.00. The molecule has 1 aliphatic rings. The van der Waals surface area contributed by atoms with Crippen molar-refractivity contribution in [1.29, 1.82) is 0 Å². The Kier molecular flexibility index (Phi) is 6.54. The number of halogens is 1. The predicted octanol–water partition coefficient (Wildman–Crippen LogP) is 5.75. The summed E-state index contributed by atoms with van der Waals surface area (Å²) >= 11 is 0. The third-order valence-electron chi connectivity index (χ3n) is 6.75. The van der Waals surface area contributed by atoms with Gasteiger partial charge in [-0.15, -0.1) is 0 Å². The van der Waals surface area contributed by atoms with Gasteiger partial charge in [-0.25, -0.2) is 9.18 Å². The van der Waals surface area contributed by atoms with Gasteiger partial charge in [-0.3, -0.25) is 4.98 Å². The predicted molar refractivity (Wildman–Crippen MR) is 146 cm³/mol. The number of amides is 1. The standard InChI is InChI=1S/C29H32FN5O3/c1-17-9-7-10-19-11-8-12-20(22(17)19)24-23(30)25-21(15-31-24)26(33-27(32-25)37-6)34-13-14-35(18(2)16-34)28(36)38-29(3,4)5/h7-12,15,18H,13-14,16H2,1-6H3/t18-/m0/s1. The largest absolute Gasteiger partial charge is 0.467 e. The SMILES string of the molecule is COc1nc(N2CCN(C(=O)OC(C)(C)C)[C@@H](C)C2)c2cnc(-c3cccc4cccc(C)c34)c(F)c2n1. The number of methoxy groups -OCH3 is 1. The maximum atomic E-state index is 16.2. The van der Waals surface area contributed by atoms with Gasteiger partial charge in [-0.05, 0) is 51.0 Å². The molecule has 5 rings (SSSR count). The van der Waals surface area contributed by atoms with Gasteiger partial charge in [0.2, 0.25) is 0 Å². The van der Waals surface area contributed by atoms with Gasteiger partial charge in [0, 0.05) is 37.4 Å². The second-order valence-electron chi connectivity index (χ2n) is 10.7. The zero-order valence-electron chi connectivity index (χ0n) is 22.6.